The molecule has 0 atom stereocenters. The van der Waals surface area contributed by atoms with Crippen molar-refractivity contribution in [2.24, 2.45) is 0 Å². The smallest absolute Gasteiger partial charge is 0.329 e. The Bertz CT molecular complexity index is 395. The van der Waals surface area contributed by atoms with Gasteiger partial charge in [-0.3, -0.25) is 0 Å². The molecule has 8 heteroatoms. The molecule has 0 spiro atoms. The minimum absolute atomic E-state index is 0.131. The van der Waals surface area contributed by atoms with Gasteiger partial charge < -0.3 is 9.84 Å². The van der Waals surface area contributed by atoms with E-state index in [2.05, 4.69) is 4.74 Å². The quantitative estimate of drug-likeness (QED) is 0.905. The van der Waals surface area contributed by atoms with Crippen molar-refractivity contribution in [3.8, 4) is 0 Å². The fourth-order valence-electron chi connectivity index (χ4n) is 0.934. The van der Waals surface area contributed by atoms with E-state index in [0.29, 0.717) is 0 Å². The van der Waals surface area contributed by atoms with Crippen molar-refractivity contribution in [1.82, 2.24) is 0 Å². The summed E-state index contributed by atoms with van der Waals surface area (Å²) in [5, 5.41) is 8.22. The number of thiophene rings is 1. The summed E-state index contributed by atoms with van der Waals surface area (Å²) in [7, 11) is 0. The van der Waals surface area contributed by atoms with Gasteiger partial charge in [0.25, 0.3) is 5.92 Å². The topological polar surface area (TPSA) is 46.5 Å². The molecule has 0 saturated heterocycles. The first kappa shape index (κ1) is 13.6. The molecule has 3 nitrogen and oxygen atoms in total. The van der Waals surface area contributed by atoms with Crippen molar-refractivity contribution in [1.29, 1.82) is 0 Å². The summed E-state index contributed by atoms with van der Waals surface area (Å²) in [6, 6.07) is 1.04. The number of hydrogen-bond acceptors (Lipinski definition) is 3. The Morgan fingerprint density at radius 3 is 2.62 bits per heavy atom. The molecule has 1 aromatic heterocycles. The molecule has 0 saturated carbocycles. The fourth-order valence-corrected chi connectivity index (χ4v) is 2.50. The van der Waals surface area contributed by atoms with Crippen LogP contribution in [0.2, 0.25) is 8.67 Å². The summed E-state index contributed by atoms with van der Waals surface area (Å²) in [6.45, 7) is -1.84. The second-order valence-corrected chi connectivity index (χ2v) is 5.11. The van der Waals surface area contributed by atoms with Crippen molar-refractivity contribution < 1.29 is 23.4 Å². The Morgan fingerprint density at radius 1 is 1.56 bits per heavy atom. The molecule has 1 N–H and O–H groups in total. The lowest BCUT2D eigenvalue weighted by molar-refractivity contribution is -0.147. The summed E-state index contributed by atoms with van der Waals surface area (Å²) in [5.74, 6) is -4.67. The van der Waals surface area contributed by atoms with Crippen molar-refractivity contribution in [3.05, 3.63) is 20.3 Å². The van der Waals surface area contributed by atoms with Crippen molar-refractivity contribution in [2.75, 3.05) is 13.2 Å². The largest absolute Gasteiger partial charge is 0.480 e. The molecular weight excluding hydrogens is 285 g/mol. The first-order valence-electron chi connectivity index (χ1n) is 3.95. The third-order valence-corrected chi connectivity index (χ3v) is 3.05. The third-order valence-electron chi connectivity index (χ3n) is 1.56. The molecule has 1 rings (SSSR count). The van der Waals surface area contributed by atoms with Gasteiger partial charge in [-0.25, -0.2) is 4.79 Å². The van der Waals surface area contributed by atoms with Crippen LogP contribution < -0.4 is 0 Å². The number of hydrogen-bond donors (Lipinski definition) is 1. The molecule has 90 valence electrons. The molecule has 0 amide bonds. The van der Waals surface area contributed by atoms with Crippen LogP contribution in [0.1, 0.15) is 5.56 Å². The average molecular weight is 291 g/mol. The van der Waals surface area contributed by atoms with E-state index >= 15 is 0 Å². The molecule has 0 bridgehead atoms. The Balaban J connectivity index is 2.69. The number of alkyl halides is 2. The first-order valence-corrected chi connectivity index (χ1v) is 5.53. The van der Waals surface area contributed by atoms with E-state index in [9.17, 15) is 13.6 Å². The van der Waals surface area contributed by atoms with E-state index in [0.717, 1.165) is 17.4 Å². The zero-order chi connectivity index (χ0) is 12.3. The van der Waals surface area contributed by atoms with Crippen LogP contribution in [0.4, 0.5) is 8.78 Å². The number of ether oxygens (including phenoxy) is 1. The number of halogens is 4. The standard InChI is InChI=1S/C8H6Cl2F2O3S/c9-5-1-4(7(10)16-5)8(11,12)3-15-2-6(13)14/h1H,2-3H2,(H,13,14). The van der Waals surface area contributed by atoms with E-state index in [-0.39, 0.29) is 8.67 Å². The number of aliphatic carboxylic acids is 1. The van der Waals surface area contributed by atoms with E-state index in [4.69, 9.17) is 28.3 Å². The van der Waals surface area contributed by atoms with Crippen molar-refractivity contribution in [2.45, 2.75) is 5.92 Å². The van der Waals surface area contributed by atoms with Gasteiger partial charge in [0.15, 0.2) is 0 Å². The Kier molecular flexibility index (Phi) is 4.49. The zero-order valence-electron chi connectivity index (χ0n) is 7.68. The Hall–Kier alpha value is -0.430. The molecule has 0 radical (unpaired) electrons. The van der Waals surface area contributed by atoms with E-state index in [1.165, 1.54) is 0 Å². The van der Waals surface area contributed by atoms with Crippen LogP contribution in [0, 0.1) is 0 Å². The van der Waals surface area contributed by atoms with Gasteiger partial charge in [0.1, 0.15) is 17.6 Å². The maximum atomic E-state index is 13.4. The molecule has 0 fully saturated rings. The Labute approximate surface area is 104 Å². The maximum Gasteiger partial charge on any atom is 0.329 e. The van der Waals surface area contributed by atoms with Crippen molar-refractivity contribution >= 4 is 40.5 Å². The summed E-state index contributed by atoms with van der Waals surface area (Å²) in [5.41, 5.74) is -0.449. The molecular formula is C8H6Cl2F2O3S. The molecule has 0 aliphatic heterocycles. The highest BCUT2D eigenvalue weighted by atomic mass is 35.5. The van der Waals surface area contributed by atoms with Crippen LogP contribution in [-0.4, -0.2) is 24.3 Å². The van der Waals surface area contributed by atoms with Gasteiger partial charge in [0.2, 0.25) is 0 Å². The molecule has 16 heavy (non-hydrogen) atoms. The van der Waals surface area contributed by atoms with Gasteiger partial charge >= 0.3 is 5.97 Å². The maximum absolute atomic E-state index is 13.4. The monoisotopic (exact) mass is 290 g/mol. The summed E-state index contributed by atoms with van der Waals surface area (Å²) < 4.78 is 31.2. The normalized spacial score (nSPS) is 11.8. The number of carbonyl (C=O) groups is 1. The van der Waals surface area contributed by atoms with Crippen LogP contribution in [0.25, 0.3) is 0 Å². The SMILES string of the molecule is O=C(O)COCC(F)(F)c1cc(Cl)sc1Cl. The fraction of sp³-hybridized carbons (Fsp3) is 0.375. The predicted molar refractivity (Wildman–Crippen MR) is 56.7 cm³/mol. The summed E-state index contributed by atoms with van der Waals surface area (Å²) >= 11 is 11.9. The number of carboxylic acid groups (broad SMARTS) is 1. The third kappa shape index (κ3) is 3.55. The summed E-state index contributed by atoms with van der Waals surface area (Å²) in [6.07, 6.45) is 0. The first-order chi connectivity index (χ1) is 7.33. The number of rotatable bonds is 5. The highest BCUT2D eigenvalue weighted by molar-refractivity contribution is 7.20. The van der Waals surface area contributed by atoms with Gasteiger partial charge in [-0.05, 0) is 6.07 Å². The molecule has 0 aromatic carbocycles. The molecule has 1 aromatic rings. The molecule has 0 aliphatic rings. The molecule has 1 heterocycles. The second-order valence-electron chi connectivity index (χ2n) is 2.83. The van der Waals surface area contributed by atoms with Crippen LogP contribution in [-0.2, 0) is 15.5 Å². The lowest BCUT2D eigenvalue weighted by Crippen LogP contribution is -2.23. The highest BCUT2D eigenvalue weighted by Crippen LogP contribution is 2.40. The van der Waals surface area contributed by atoms with Crippen LogP contribution >= 0.6 is 34.5 Å². The minimum Gasteiger partial charge on any atom is -0.480 e. The predicted octanol–water partition coefficient (Wildman–Crippen LogP) is 3.25. The second kappa shape index (κ2) is 5.27. The van der Waals surface area contributed by atoms with Gasteiger partial charge in [-0.1, -0.05) is 23.2 Å². The lowest BCUT2D eigenvalue weighted by Gasteiger charge is -2.14. The lowest BCUT2D eigenvalue weighted by atomic mass is 10.2. The minimum atomic E-state index is -3.35. The molecule has 0 aliphatic carbocycles. The zero-order valence-corrected chi connectivity index (χ0v) is 10.0. The Morgan fingerprint density at radius 2 is 2.19 bits per heavy atom. The number of carboxylic acids is 1. The van der Waals surface area contributed by atoms with Crippen LogP contribution in [0.15, 0.2) is 6.07 Å². The van der Waals surface area contributed by atoms with E-state index < -0.39 is 30.7 Å². The van der Waals surface area contributed by atoms with Gasteiger partial charge in [0.05, 0.1) is 9.90 Å². The van der Waals surface area contributed by atoms with Gasteiger partial charge in [0, 0.05) is 0 Å². The van der Waals surface area contributed by atoms with Gasteiger partial charge in [-0.15, -0.1) is 11.3 Å². The van der Waals surface area contributed by atoms with E-state index in [1.807, 2.05) is 0 Å². The van der Waals surface area contributed by atoms with Crippen molar-refractivity contribution in [3.63, 3.8) is 0 Å². The van der Waals surface area contributed by atoms with Gasteiger partial charge in [-0.2, -0.15) is 8.78 Å². The average Bonchev–Trinajstić information content (AvgIpc) is 2.44. The van der Waals surface area contributed by atoms with Crippen LogP contribution in [0.5, 0.6) is 0 Å². The van der Waals surface area contributed by atoms with Crippen LogP contribution in [0.3, 0.4) is 0 Å². The molecule has 0 unspecified atom stereocenters. The highest BCUT2D eigenvalue weighted by Gasteiger charge is 2.36. The van der Waals surface area contributed by atoms with E-state index in [1.54, 1.807) is 0 Å². The summed E-state index contributed by atoms with van der Waals surface area (Å²) in [4.78, 5) is 10.1.